The number of hydrogen-bond acceptors (Lipinski definition) is 3. The molecule has 4 nitrogen and oxygen atoms in total. The summed E-state index contributed by atoms with van der Waals surface area (Å²) >= 11 is 0. The number of carbonyl (C=O) groups is 2. The molecule has 1 unspecified atom stereocenters. The average Bonchev–Trinajstić information content (AvgIpc) is 2.39. The highest BCUT2D eigenvalue weighted by atomic mass is 16.5. The second-order valence-corrected chi connectivity index (χ2v) is 3.00. The fraction of sp³-hybridized carbons (Fsp3) is 0.778. The van der Waals surface area contributed by atoms with Gasteiger partial charge in [0.15, 0.2) is 0 Å². The third-order valence-corrected chi connectivity index (χ3v) is 1.93. The van der Waals surface area contributed by atoms with Crippen molar-refractivity contribution < 1.29 is 14.3 Å². The molecule has 1 heterocycles. The lowest BCUT2D eigenvalue weighted by Crippen LogP contribution is -2.21. The highest BCUT2D eigenvalue weighted by molar-refractivity contribution is 5.80. The molecular formula is C9H17NO3. The van der Waals surface area contributed by atoms with Gasteiger partial charge in [-0.1, -0.05) is 6.92 Å². The van der Waals surface area contributed by atoms with Gasteiger partial charge in [-0.2, -0.15) is 0 Å². The van der Waals surface area contributed by atoms with Gasteiger partial charge < -0.3 is 9.64 Å². The Kier molecular flexibility index (Phi) is 5.93. The van der Waals surface area contributed by atoms with Crippen molar-refractivity contribution in [2.45, 2.75) is 20.3 Å². The van der Waals surface area contributed by atoms with Crippen LogP contribution in [-0.4, -0.2) is 37.5 Å². The van der Waals surface area contributed by atoms with E-state index in [0.29, 0.717) is 19.0 Å². The van der Waals surface area contributed by atoms with Gasteiger partial charge in [0, 0.05) is 19.5 Å². The topological polar surface area (TPSA) is 46.6 Å². The predicted molar refractivity (Wildman–Crippen MR) is 49.1 cm³/mol. The molecule has 0 aromatic heterocycles. The normalized spacial score (nSPS) is 20.7. The molecule has 0 spiro atoms. The smallest absolute Gasteiger partial charge is 0.293 e. The number of carbonyl (C=O) groups excluding carboxylic acids is 2. The molecule has 1 atom stereocenters. The Bertz CT molecular complexity index is 158. The Morgan fingerprint density at radius 2 is 2.31 bits per heavy atom. The zero-order valence-electron chi connectivity index (χ0n) is 8.45. The maximum Gasteiger partial charge on any atom is 0.293 e. The van der Waals surface area contributed by atoms with E-state index in [-0.39, 0.29) is 5.92 Å². The third-order valence-electron chi connectivity index (χ3n) is 1.93. The van der Waals surface area contributed by atoms with E-state index in [1.807, 2.05) is 14.0 Å². The lowest BCUT2D eigenvalue weighted by molar-refractivity contribution is -0.129. The summed E-state index contributed by atoms with van der Waals surface area (Å²) in [5, 5.41) is 0. The first kappa shape index (κ1) is 11.9. The molecule has 0 saturated carbocycles. The monoisotopic (exact) mass is 187 g/mol. The molecule has 0 bridgehead atoms. The van der Waals surface area contributed by atoms with Gasteiger partial charge in [-0.25, -0.2) is 0 Å². The van der Waals surface area contributed by atoms with Crippen LogP contribution in [0, 0.1) is 5.92 Å². The molecule has 0 radical (unpaired) electrons. The summed E-state index contributed by atoms with van der Waals surface area (Å²) in [4.78, 5) is 21.8. The van der Waals surface area contributed by atoms with Crippen molar-refractivity contribution in [3.05, 3.63) is 0 Å². The quantitative estimate of drug-likeness (QED) is 0.597. The van der Waals surface area contributed by atoms with Crippen LogP contribution in [0.25, 0.3) is 0 Å². The van der Waals surface area contributed by atoms with Crippen LogP contribution in [0.4, 0.5) is 0 Å². The zero-order valence-corrected chi connectivity index (χ0v) is 8.45. The number of nitrogens with zero attached hydrogens (tertiary/aromatic N) is 1. The van der Waals surface area contributed by atoms with Crippen molar-refractivity contribution in [2.75, 3.05) is 20.2 Å². The Morgan fingerprint density at radius 1 is 1.69 bits per heavy atom. The van der Waals surface area contributed by atoms with Crippen LogP contribution in [0.2, 0.25) is 0 Å². The summed E-state index contributed by atoms with van der Waals surface area (Å²) < 4.78 is 4.15. The maximum absolute atomic E-state index is 10.8. The zero-order chi connectivity index (χ0) is 10.3. The molecular weight excluding hydrogens is 170 g/mol. The minimum atomic E-state index is 0.278. The second-order valence-electron chi connectivity index (χ2n) is 3.00. The Balaban J connectivity index is 0.000000252. The van der Waals surface area contributed by atoms with Gasteiger partial charge in [-0.15, -0.1) is 0 Å². The Hall–Kier alpha value is -1.06. The summed E-state index contributed by atoms with van der Waals surface area (Å²) in [6, 6.07) is 0. The highest BCUT2D eigenvalue weighted by Gasteiger charge is 2.23. The van der Waals surface area contributed by atoms with Gasteiger partial charge >= 0.3 is 0 Å². The molecule has 76 valence electrons. The number of amides is 1. The van der Waals surface area contributed by atoms with E-state index in [1.165, 1.54) is 0 Å². The van der Waals surface area contributed by atoms with Crippen LogP contribution >= 0.6 is 0 Å². The number of hydrogen-bond donors (Lipinski definition) is 0. The molecule has 0 N–H and O–H groups in total. The molecule has 1 aliphatic rings. The van der Waals surface area contributed by atoms with Gasteiger partial charge in [0.25, 0.3) is 6.47 Å². The van der Waals surface area contributed by atoms with Crippen molar-refractivity contribution >= 4 is 12.4 Å². The predicted octanol–water partition coefficient (Wildman–Crippen LogP) is 0.664. The fourth-order valence-electron chi connectivity index (χ4n) is 1.07. The largest absolute Gasteiger partial charge is 0.468 e. The van der Waals surface area contributed by atoms with E-state index >= 15 is 0 Å². The van der Waals surface area contributed by atoms with Crippen LogP contribution in [0.15, 0.2) is 0 Å². The molecule has 1 rings (SSSR count). The van der Waals surface area contributed by atoms with Crippen LogP contribution in [0.1, 0.15) is 20.3 Å². The van der Waals surface area contributed by atoms with Crippen LogP contribution in [0.3, 0.4) is 0 Å². The van der Waals surface area contributed by atoms with Crippen molar-refractivity contribution in [3.8, 4) is 0 Å². The second kappa shape index (κ2) is 6.46. The molecule has 13 heavy (non-hydrogen) atoms. The number of likely N-dealkylation sites (tertiary alicyclic amines) is 1. The summed E-state index contributed by atoms with van der Waals surface area (Å²) in [6.45, 7) is 5.59. The summed E-state index contributed by atoms with van der Waals surface area (Å²) in [5.74, 6) is 0.574. The first-order valence-corrected chi connectivity index (χ1v) is 4.43. The first-order chi connectivity index (χ1) is 6.13. The molecule has 1 aliphatic heterocycles. The van der Waals surface area contributed by atoms with E-state index in [0.717, 1.165) is 13.0 Å². The van der Waals surface area contributed by atoms with Crippen molar-refractivity contribution in [1.82, 2.24) is 4.90 Å². The van der Waals surface area contributed by atoms with Crippen LogP contribution in [-0.2, 0) is 14.3 Å². The molecule has 0 aromatic carbocycles. The standard InChI is InChI=1S/C6H11NO.C3H6O2/c1-5-3-4-7(2)6(5)8;1-2-5-3-4/h5H,3-4H2,1-2H3;3H,2H2,1H3. The van der Waals surface area contributed by atoms with E-state index in [4.69, 9.17) is 0 Å². The lowest BCUT2D eigenvalue weighted by Gasteiger charge is -2.05. The average molecular weight is 187 g/mol. The molecule has 1 amide bonds. The van der Waals surface area contributed by atoms with E-state index in [9.17, 15) is 9.59 Å². The number of rotatable bonds is 2. The molecule has 4 heteroatoms. The first-order valence-electron chi connectivity index (χ1n) is 4.43. The minimum Gasteiger partial charge on any atom is -0.468 e. The maximum atomic E-state index is 10.8. The van der Waals surface area contributed by atoms with E-state index in [2.05, 4.69) is 4.74 Å². The lowest BCUT2D eigenvalue weighted by atomic mass is 10.1. The summed E-state index contributed by atoms with van der Waals surface area (Å²) in [7, 11) is 1.85. The molecule has 0 aliphatic carbocycles. The van der Waals surface area contributed by atoms with Crippen molar-refractivity contribution in [1.29, 1.82) is 0 Å². The van der Waals surface area contributed by atoms with Gasteiger partial charge in [0.05, 0.1) is 6.61 Å². The highest BCUT2D eigenvalue weighted by Crippen LogP contribution is 2.13. The molecule has 1 saturated heterocycles. The minimum absolute atomic E-state index is 0.278. The molecule has 1 fully saturated rings. The van der Waals surface area contributed by atoms with Gasteiger partial charge in [0.1, 0.15) is 0 Å². The third kappa shape index (κ3) is 4.50. The summed E-state index contributed by atoms with van der Waals surface area (Å²) in [5.41, 5.74) is 0. The van der Waals surface area contributed by atoms with E-state index < -0.39 is 0 Å². The van der Waals surface area contributed by atoms with Crippen LogP contribution in [0.5, 0.6) is 0 Å². The van der Waals surface area contributed by atoms with Crippen LogP contribution < -0.4 is 0 Å². The summed E-state index contributed by atoms with van der Waals surface area (Å²) in [6.07, 6.45) is 1.04. The van der Waals surface area contributed by atoms with Gasteiger partial charge in [0.2, 0.25) is 5.91 Å². The number of ether oxygens (including phenoxy) is 1. The van der Waals surface area contributed by atoms with Gasteiger partial charge in [-0.05, 0) is 13.3 Å². The molecule has 0 aromatic rings. The Labute approximate surface area is 78.9 Å². The SMILES string of the molecule is CC1CCN(C)C1=O.CCOC=O. The Morgan fingerprint density at radius 3 is 2.38 bits per heavy atom. The van der Waals surface area contributed by atoms with E-state index in [1.54, 1.807) is 11.8 Å². The fourth-order valence-corrected chi connectivity index (χ4v) is 1.07. The van der Waals surface area contributed by atoms with Crippen molar-refractivity contribution in [2.24, 2.45) is 5.92 Å². The van der Waals surface area contributed by atoms with Crippen molar-refractivity contribution in [3.63, 3.8) is 0 Å². The van der Waals surface area contributed by atoms with Gasteiger partial charge in [-0.3, -0.25) is 9.59 Å².